The monoisotopic (exact) mass is 416 g/mol. The Kier molecular flexibility index (Phi) is 7.50. The first-order valence-electron chi connectivity index (χ1n) is 9.81. The molecule has 1 aromatic heterocycles. The molecule has 0 aliphatic heterocycles. The number of aromatic nitrogens is 2. The highest BCUT2D eigenvalue weighted by Crippen LogP contribution is 2.31. The Balaban J connectivity index is 1.46. The van der Waals surface area contributed by atoms with E-state index in [1.807, 2.05) is 13.0 Å². The number of anilines is 2. The molecule has 0 saturated carbocycles. The third kappa shape index (κ3) is 6.07. The van der Waals surface area contributed by atoms with E-state index in [2.05, 4.69) is 52.9 Å². The predicted octanol–water partition coefficient (Wildman–Crippen LogP) is 5.39. The number of nitrogens with zero attached hydrogens (tertiary/aromatic N) is 2. The van der Waals surface area contributed by atoms with Crippen molar-refractivity contribution in [2.45, 2.75) is 62.5 Å². The zero-order valence-electron chi connectivity index (χ0n) is 16.7. The zero-order chi connectivity index (χ0) is 19.9. The summed E-state index contributed by atoms with van der Waals surface area (Å²) in [6.07, 6.45) is 8.24. The molecule has 0 radical (unpaired) electrons. The van der Waals surface area contributed by atoms with Crippen LogP contribution in [0.15, 0.2) is 34.2 Å². The normalized spacial score (nSPS) is 15.0. The van der Waals surface area contributed by atoms with Crippen LogP contribution in [0, 0.1) is 13.8 Å². The van der Waals surface area contributed by atoms with Gasteiger partial charge in [-0.2, -0.15) is 0 Å². The number of hydrogen-bond acceptors (Lipinski definition) is 6. The average Bonchev–Trinajstić information content (AvgIpc) is 3.12. The van der Waals surface area contributed by atoms with E-state index >= 15 is 0 Å². The van der Waals surface area contributed by atoms with Crippen molar-refractivity contribution in [3.8, 4) is 0 Å². The van der Waals surface area contributed by atoms with Gasteiger partial charge in [0.2, 0.25) is 11.0 Å². The Bertz CT molecular complexity index is 847. The van der Waals surface area contributed by atoms with Crippen molar-refractivity contribution < 1.29 is 4.79 Å². The SMILES string of the molecule is Cc1ccc(Nc2nnc(S[C@@H](C)C(=O)NCCC3=CCCCC3)s2)cc1C. The van der Waals surface area contributed by atoms with Gasteiger partial charge in [0.25, 0.3) is 0 Å². The van der Waals surface area contributed by atoms with Gasteiger partial charge in [-0.3, -0.25) is 4.79 Å². The summed E-state index contributed by atoms with van der Waals surface area (Å²) in [5.74, 6) is 0.0558. The molecule has 1 aliphatic rings. The largest absolute Gasteiger partial charge is 0.355 e. The first kappa shape index (κ1) is 20.9. The van der Waals surface area contributed by atoms with Gasteiger partial charge in [0.15, 0.2) is 4.34 Å². The minimum atomic E-state index is -0.192. The van der Waals surface area contributed by atoms with Crippen LogP contribution in [0.3, 0.4) is 0 Å². The molecule has 0 bridgehead atoms. The maximum atomic E-state index is 12.3. The van der Waals surface area contributed by atoms with Crippen LogP contribution in [0.25, 0.3) is 0 Å². The lowest BCUT2D eigenvalue weighted by Gasteiger charge is -2.14. The van der Waals surface area contributed by atoms with Crippen LogP contribution in [-0.2, 0) is 4.79 Å². The molecule has 3 rings (SSSR count). The van der Waals surface area contributed by atoms with Gasteiger partial charge < -0.3 is 10.6 Å². The molecule has 1 aromatic carbocycles. The lowest BCUT2D eigenvalue weighted by molar-refractivity contribution is -0.120. The van der Waals surface area contributed by atoms with Gasteiger partial charge in [0.1, 0.15) is 0 Å². The summed E-state index contributed by atoms with van der Waals surface area (Å²) in [7, 11) is 0. The predicted molar refractivity (Wildman–Crippen MR) is 119 cm³/mol. The van der Waals surface area contributed by atoms with Crippen molar-refractivity contribution >= 4 is 39.8 Å². The van der Waals surface area contributed by atoms with Crippen LogP contribution in [0.4, 0.5) is 10.8 Å². The Morgan fingerprint density at radius 2 is 2.11 bits per heavy atom. The number of carbonyl (C=O) groups excluding carboxylic acids is 1. The third-order valence-corrected chi connectivity index (χ3v) is 6.96. The second-order valence-electron chi connectivity index (χ2n) is 7.21. The molecule has 2 N–H and O–H groups in total. The van der Waals surface area contributed by atoms with Crippen molar-refractivity contribution in [1.82, 2.24) is 15.5 Å². The van der Waals surface area contributed by atoms with Crippen molar-refractivity contribution in [2.24, 2.45) is 0 Å². The second kappa shape index (κ2) is 10.1. The highest BCUT2D eigenvalue weighted by Gasteiger charge is 2.17. The van der Waals surface area contributed by atoms with Crippen LogP contribution >= 0.6 is 23.1 Å². The number of carbonyl (C=O) groups is 1. The Hall–Kier alpha value is -1.86. The maximum absolute atomic E-state index is 12.3. The second-order valence-corrected chi connectivity index (χ2v) is 9.77. The molecular formula is C21H28N4OS2. The standard InChI is InChI=1S/C21H28N4OS2/c1-14-9-10-18(13-15(14)2)23-20-24-25-21(28-20)27-16(3)19(26)22-12-11-17-7-5-4-6-8-17/h7,9-10,13,16H,4-6,8,11-12H2,1-3H3,(H,22,26)(H,23,24)/t16-/m0/s1. The van der Waals surface area contributed by atoms with Gasteiger partial charge in [0, 0.05) is 12.2 Å². The quantitative estimate of drug-likeness (QED) is 0.446. The van der Waals surface area contributed by atoms with Crippen LogP contribution in [-0.4, -0.2) is 27.9 Å². The van der Waals surface area contributed by atoms with Crippen molar-refractivity contribution in [2.75, 3.05) is 11.9 Å². The van der Waals surface area contributed by atoms with Crippen LogP contribution in [0.2, 0.25) is 0 Å². The summed E-state index contributed by atoms with van der Waals surface area (Å²) >= 11 is 2.92. The number of rotatable bonds is 8. The molecule has 1 heterocycles. The Labute approximate surface area is 175 Å². The van der Waals surface area contributed by atoms with Gasteiger partial charge in [-0.15, -0.1) is 10.2 Å². The van der Waals surface area contributed by atoms with E-state index in [0.29, 0.717) is 6.54 Å². The van der Waals surface area contributed by atoms with Gasteiger partial charge >= 0.3 is 0 Å². The summed E-state index contributed by atoms with van der Waals surface area (Å²) in [6.45, 7) is 6.81. The van der Waals surface area contributed by atoms with E-state index in [1.165, 1.54) is 65.5 Å². The summed E-state index contributed by atoms with van der Waals surface area (Å²) in [5.41, 5.74) is 4.98. The van der Waals surface area contributed by atoms with Crippen molar-refractivity contribution in [3.63, 3.8) is 0 Å². The first-order valence-corrected chi connectivity index (χ1v) is 11.5. The third-order valence-electron chi connectivity index (χ3n) is 4.94. The average molecular weight is 417 g/mol. The minimum absolute atomic E-state index is 0.0558. The van der Waals surface area contributed by atoms with Crippen LogP contribution < -0.4 is 10.6 Å². The van der Waals surface area contributed by atoms with E-state index in [9.17, 15) is 4.79 Å². The summed E-state index contributed by atoms with van der Waals surface area (Å²) < 4.78 is 0.795. The van der Waals surface area contributed by atoms with Gasteiger partial charge in [0.05, 0.1) is 5.25 Å². The molecule has 0 saturated heterocycles. The molecule has 1 amide bonds. The smallest absolute Gasteiger partial charge is 0.233 e. The van der Waals surface area contributed by atoms with Gasteiger partial charge in [-0.05, 0) is 76.1 Å². The molecule has 2 aromatic rings. The molecule has 150 valence electrons. The fourth-order valence-corrected chi connectivity index (χ4v) is 5.02. The van der Waals surface area contributed by atoms with Crippen LogP contribution in [0.5, 0.6) is 0 Å². The number of hydrogen-bond donors (Lipinski definition) is 2. The van der Waals surface area contributed by atoms with Crippen LogP contribution in [0.1, 0.15) is 50.2 Å². The zero-order valence-corrected chi connectivity index (χ0v) is 18.4. The molecule has 0 spiro atoms. The summed E-state index contributed by atoms with van der Waals surface area (Å²) in [4.78, 5) is 12.3. The lowest BCUT2D eigenvalue weighted by Crippen LogP contribution is -2.31. The minimum Gasteiger partial charge on any atom is -0.355 e. The number of amides is 1. The Morgan fingerprint density at radius 3 is 2.86 bits per heavy atom. The molecule has 1 atom stereocenters. The van der Waals surface area contributed by atoms with E-state index in [1.54, 1.807) is 0 Å². The number of thioether (sulfide) groups is 1. The highest BCUT2D eigenvalue weighted by atomic mass is 32.2. The summed E-state index contributed by atoms with van der Waals surface area (Å²) in [5, 5.41) is 15.3. The lowest BCUT2D eigenvalue weighted by atomic mass is 9.97. The molecule has 0 fully saturated rings. The topological polar surface area (TPSA) is 66.9 Å². The van der Waals surface area contributed by atoms with Crippen molar-refractivity contribution in [1.29, 1.82) is 0 Å². The van der Waals surface area contributed by atoms with E-state index < -0.39 is 0 Å². The molecule has 1 aliphatic carbocycles. The highest BCUT2D eigenvalue weighted by molar-refractivity contribution is 8.02. The molecular weight excluding hydrogens is 388 g/mol. The molecule has 5 nitrogen and oxygen atoms in total. The summed E-state index contributed by atoms with van der Waals surface area (Å²) in [6, 6.07) is 6.22. The number of allylic oxidation sites excluding steroid dienone is 1. The van der Waals surface area contributed by atoms with E-state index in [0.717, 1.165) is 21.6 Å². The van der Waals surface area contributed by atoms with E-state index in [4.69, 9.17) is 0 Å². The molecule has 7 heteroatoms. The fourth-order valence-electron chi connectivity index (χ4n) is 3.08. The Morgan fingerprint density at radius 1 is 1.25 bits per heavy atom. The number of benzene rings is 1. The molecule has 28 heavy (non-hydrogen) atoms. The van der Waals surface area contributed by atoms with Crippen molar-refractivity contribution in [3.05, 3.63) is 41.0 Å². The van der Waals surface area contributed by atoms with Gasteiger partial charge in [-0.25, -0.2) is 0 Å². The maximum Gasteiger partial charge on any atom is 0.233 e. The molecule has 0 unspecified atom stereocenters. The first-order chi connectivity index (χ1) is 13.5. The van der Waals surface area contributed by atoms with Gasteiger partial charge in [-0.1, -0.05) is 40.8 Å². The van der Waals surface area contributed by atoms with E-state index in [-0.39, 0.29) is 11.2 Å². The number of aryl methyl sites for hydroxylation is 2. The number of nitrogens with one attached hydrogen (secondary N) is 2. The fraction of sp³-hybridized carbons (Fsp3) is 0.476.